The molecule has 1 N–H and O–H groups in total. The number of aromatic carboxylic acids is 1. The molecule has 39 heavy (non-hydrogen) atoms. The van der Waals surface area contributed by atoms with Crippen molar-refractivity contribution in [1.29, 1.82) is 0 Å². The van der Waals surface area contributed by atoms with Crippen molar-refractivity contribution >= 4 is 28.7 Å². The molecule has 3 aromatic carbocycles. The Hall–Kier alpha value is -3.09. The number of rotatable bonds is 7. The zero-order chi connectivity index (χ0) is 27.7. The molecule has 0 aromatic heterocycles. The Bertz CT molecular complexity index is 1410. The Kier molecular flexibility index (Phi) is 7.88. The van der Waals surface area contributed by atoms with Crippen molar-refractivity contribution in [3.05, 3.63) is 105 Å². The van der Waals surface area contributed by atoms with Crippen molar-refractivity contribution in [3.63, 3.8) is 0 Å². The molecule has 0 radical (unpaired) electrons. The number of likely N-dealkylation sites (tertiary alicyclic amines) is 1. The van der Waals surface area contributed by atoms with Crippen LogP contribution >= 0.6 is 11.6 Å². The van der Waals surface area contributed by atoms with E-state index in [9.17, 15) is 23.1 Å². The summed E-state index contributed by atoms with van der Waals surface area (Å²) in [6.45, 7) is 3.49. The van der Waals surface area contributed by atoms with Crippen LogP contribution in [0.25, 0.3) is 11.1 Å². The van der Waals surface area contributed by atoms with E-state index in [1.54, 1.807) is 12.1 Å². The topological polar surface area (TPSA) is 40.5 Å². The molecule has 0 bridgehead atoms. The number of carboxylic acids is 1. The summed E-state index contributed by atoms with van der Waals surface area (Å²) in [5.74, 6) is -0.572. The summed E-state index contributed by atoms with van der Waals surface area (Å²) in [6.07, 6.45) is -1.51. The molecule has 1 heterocycles. The van der Waals surface area contributed by atoms with Crippen LogP contribution < -0.4 is 0 Å². The minimum absolute atomic E-state index is 0.0712. The van der Waals surface area contributed by atoms with Crippen LogP contribution in [0.15, 0.2) is 60.7 Å². The standard InChI is InChI=1S/C32H31ClF3NO2/c1-20-26(5-3-7-29(20)33)28-6-2-4-24-17-25(31(38)39)12-13-27(24)30(28)23-10-8-21(9-11-23)16-22-18-37(19-22)15-14-32(34,35)36/h3,5,7-13,17,22H,2,4,6,14-16,18-19H2,1H3,(H,38,39). The highest BCUT2D eigenvalue weighted by Crippen LogP contribution is 2.42. The van der Waals surface area contributed by atoms with E-state index >= 15 is 0 Å². The number of alkyl halides is 3. The first kappa shape index (κ1) is 27.5. The molecule has 0 saturated carbocycles. The van der Waals surface area contributed by atoms with Crippen LogP contribution in [0.4, 0.5) is 13.2 Å². The monoisotopic (exact) mass is 553 g/mol. The lowest BCUT2D eigenvalue weighted by molar-refractivity contribution is -0.141. The van der Waals surface area contributed by atoms with Gasteiger partial charge in [-0.15, -0.1) is 0 Å². The number of halogens is 4. The first-order chi connectivity index (χ1) is 18.6. The number of nitrogens with zero attached hydrogens (tertiary/aromatic N) is 1. The van der Waals surface area contributed by atoms with Gasteiger partial charge in [-0.25, -0.2) is 4.79 Å². The lowest BCUT2D eigenvalue weighted by Gasteiger charge is -2.39. The van der Waals surface area contributed by atoms with Gasteiger partial charge < -0.3 is 10.0 Å². The quantitative estimate of drug-likeness (QED) is 0.321. The van der Waals surface area contributed by atoms with E-state index in [2.05, 4.69) is 30.3 Å². The van der Waals surface area contributed by atoms with Crippen LogP contribution in [0.3, 0.4) is 0 Å². The third-order valence-electron chi connectivity index (χ3n) is 7.90. The zero-order valence-electron chi connectivity index (χ0n) is 21.8. The Labute approximate surface area is 231 Å². The van der Waals surface area contributed by atoms with Crippen LogP contribution in [-0.4, -0.2) is 41.8 Å². The average Bonchev–Trinajstić information content (AvgIpc) is 3.06. The van der Waals surface area contributed by atoms with Gasteiger partial charge in [0.25, 0.3) is 0 Å². The van der Waals surface area contributed by atoms with Crippen molar-refractivity contribution in [1.82, 2.24) is 4.90 Å². The first-order valence-electron chi connectivity index (χ1n) is 13.3. The van der Waals surface area contributed by atoms with Crippen LogP contribution in [-0.2, 0) is 12.8 Å². The Morgan fingerprint density at radius 3 is 2.46 bits per heavy atom. The highest BCUT2D eigenvalue weighted by Gasteiger charge is 2.32. The summed E-state index contributed by atoms with van der Waals surface area (Å²) in [7, 11) is 0. The zero-order valence-corrected chi connectivity index (χ0v) is 22.6. The van der Waals surface area contributed by atoms with Crippen LogP contribution in [0.1, 0.15) is 63.0 Å². The fraction of sp³-hybridized carbons (Fsp3) is 0.344. The molecule has 1 fully saturated rings. The van der Waals surface area contributed by atoms with Crippen LogP contribution in [0, 0.1) is 12.8 Å². The summed E-state index contributed by atoms with van der Waals surface area (Å²) in [4.78, 5) is 13.5. The van der Waals surface area contributed by atoms with E-state index in [1.165, 1.54) is 5.57 Å². The summed E-state index contributed by atoms with van der Waals surface area (Å²) < 4.78 is 37.5. The third-order valence-corrected chi connectivity index (χ3v) is 8.31. The SMILES string of the molecule is Cc1c(Cl)cccc1C1=C(c2ccc(CC3CN(CCC(F)(F)F)C3)cc2)c2ccc(C(=O)O)cc2CCC1. The Balaban J connectivity index is 1.45. The average molecular weight is 554 g/mol. The summed E-state index contributed by atoms with van der Waals surface area (Å²) in [6, 6.07) is 19.8. The number of hydrogen-bond acceptors (Lipinski definition) is 2. The molecule has 1 saturated heterocycles. The van der Waals surface area contributed by atoms with Crippen LogP contribution in [0.2, 0.25) is 5.02 Å². The Morgan fingerprint density at radius 2 is 1.77 bits per heavy atom. The highest BCUT2D eigenvalue weighted by molar-refractivity contribution is 6.31. The number of carboxylic acid groups (broad SMARTS) is 1. The minimum Gasteiger partial charge on any atom is -0.478 e. The predicted octanol–water partition coefficient (Wildman–Crippen LogP) is 8.07. The fourth-order valence-corrected chi connectivity index (χ4v) is 6.04. The van der Waals surface area contributed by atoms with E-state index in [-0.39, 0.29) is 12.1 Å². The largest absolute Gasteiger partial charge is 0.478 e. The molecule has 0 atom stereocenters. The van der Waals surface area contributed by atoms with Crippen molar-refractivity contribution in [2.45, 2.75) is 45.2 Å². The predicted molar refractivity (Wildman–Crippen MR) is 149 cm³/mol. The van der Waals surface area contributed by atoms with Crippen molar-refractivity contribution < 1.29 is 23.1 Å². The maximum absolute atomic E-state index is 12.5. The van der Waals surface area contributed by atoms with Gasteiger partial charge in [-0.1, -0.05) is 54.1 Å². The number of allylic oxidation sites excluding steroid dienone is 1. The van der Waals surface area contributed by atoms with Gasteiger partial charge >= 0.3 is 12.1 Å². The summed E-state index contributed by atoms with van der Waals surface area (Å²) in [5.41, 5.74) is 8.99. The van der Waals surface area contributed by atoms with E-state index in [0.717, 1.165) is 64.6 Å². The van der Waals surface area contributed by atoms with Gasteiger partial charge in [0, 0.05) is 24.7 Å². The number of hydrogen-bond donors (Lipinski definition) is 1. The van der Waals surface area contributed by atoms with Crippen molar-refractivity contribution in [2.24, 2.45) is 5.92 Å². The van der Waals surface area contributed by atoms with Crippen LogP contribution in [0.5, 0.6) is 0 Å². The second kappa shape index (κ2) is 11.2. The lowest BCUT2D eigenvalue weighted by atomic mass is 9.85. The molecular weight excluding hydrogens is 523 g/mol. The van der Waals surface area contributed by atoms with Gasteiger partial charge in [0.1, 0.15) is 0 Å². The summed E-state index contributed by atoms with van der Waals surface area (Å²) >= 11 is 6.52. The first-order valence-corrected chi connectivity index (χ1v) is 13.7. The van der Waals surface area contributed by atoms with Gasteiger partial charge in [-0.05, 0) is 101 Å². The molecule has 7 heteroatoms. The smallest absolute Gasteiger partial charge is 0.390 e. The van der Waals surface area contributed by atoms with Crippen molar-refractivity contribution in [2.75, 3.05) is 19.6 Å². The Morgan fingerprint density at radius 1 is 1.03 bits per heavy atom. The molecule has 0 spiro atoms. The lowest BCUT2D eigenvalue weighted by Crippen LogP contribution is -2.48. The van der Waals surface area contributed by atoms with Gasteiger partial charge in [-0.2, -0.15) is 13.2 Å². The van der Waals surface area contributed by atoms with E-state index in [4.69, 9.17) is 11.6 Å². The molecule has 0 amide bonds. The second-order valence-electron chi connectivity index (χ2n) is 10.7. The fourth-order valence-electron chi connectivity index (χ4n) is 5.87. The van der Waals surface area contributed by atoms with Gasteiger partial charge in [-0.3, -0.25) is 0 Å². The number of benzene rings is 3. The van der Waals surface area contributed by atoms with Crippen molar-refractivity contribution in [3.8, 4) is 0 Å². The molecule has 3 aromatic rings. The van der Waals surface area contributed by atoms with E-state index in [1.807, 2.05) is 30.0 Å². The summed E-state index contributed by atoms with van der Waals surface area (Å²) in [5, 5.41) is 10.3. The molecule has 1 aliphatic heterocycles. The second-order valence-corrected chi connectivity index (χ2v) is 11.1. The normalized spacial score (nSPS) is 16.5. The number of aryl methyl sites for hydroxylation is 1. The van der Waals surface area contributed by atoms with E-state index < -0.39 is 18.6 Å². The highest BCUT2D eigenvalue weighted by atomic mass is 35.5. The van der Waals surface area contributed by atoms with Gasteiger partial charge in [0.15, 0.2) is 0 Å². The molecule has 3 nitrogen and oxygen atoms in total. The van der Waals surface area contributed by atoms with Gasteiger partial charge in [0.05, 0.1) is 12.0 Å². The molecule has 204 valence electrons. The maximum atomic E-state index is 12.5. The molecule has 5 rings (SSSR count). The minimum atomic E-state index is -4.11. The maximum Gasteiger partial charge on any atom is 0.390 e. The molecule has 0 unspecified atom stereocenters. The number of carbonyl (C=O) groups is 1. The van der Waals surface area contributed by atoms with Gasteiger partial charge in [0.2, 0.25) is 0 Å². The third kappa shape index (κ3) is 6.23. The molecule has 2 aliphatic rings. The van der Waals surface area contributed by atoms with E-state index in [0.29, 0.717) is 24.0 Å². The molecule has 1 aliphatic carbocycles. The molecular formula is C32H31ClF3NO2. The number of fused-ring (bicyclic) bond motifs is 1.